The Kier molecular flexibility index (Phi) is 16.9. The molecule has 0 spiro atoms. The van der Waals surface area contributed by atoms with E-state index in [1.54, 1.807) is 0 Å². The van der Waals surface area contributed by atoms with Gasteiger partial charge in [0.2, 0.25) is 5.91 Å². The minimum Gasteiger partial charge on any atom is -0.396 e. The Morgan fingerprint density at radius 2 is 0.981 bits per heavy atom. The number of hydrogen-bond acceptors (Lipinski definition) is 5. The first-order chi connectivity index (χ1) is 25.6. The molecule has 2 unspecified atom stereocenters. The van der Waals surface area contributed by atoms with Gasteiger partial charge < -0.3 is 24.7 Å². The summed E-state index contributed by atoms with van der Waals surface area (Å²) in [5, 5.41) is 19.5. The third-order valence-corrected chi connectivity index (χ3v) is 10.6. The van der Waals surface area contributed by atoms with Crippen LogP contribution in [0.4, 0.5) is 0 Å². The van der Waals surface area contributed by atoms with Gasteiger partial charge in [-0.05, 0) is 104 Å². The van der Waals surface area contributed by atoms with Crippen LogP contribution in [0.5, 0.6) is 0 Å². The third-order valence-electron chi connectivity index (χ3n) is 10.6. The maximum absolute atomic E-state index is 12.4. The highest BCUT2D eigenvalue weighted by molar-refractivity contribution is 5.77. The number of nitrogens with zero attached hydrogens (tertiary/aromatic N) is 2. The van der Waals surface area contributed by atoms with Gasteiger partial charge in [-0.1, -0.05) is 116 Å². The normalized spacial score (nSPS) is 17.2. The Morgan fingerprint density at radius 1 is 0.538 bits per heavy atom. The van der Waals surface area contributed by atoms with E-state index in [0.29, 0.717) is 6.42 Å². The largest absolute Gasteiger partial charge is 0.396 e. The van der Waals surface area contributed by atoms with Gasteiger partial charge in [0, 0.05) is 51.2 Å². The van der Waals surface area contributed by atoms with Crippen LogP contribution in [0.1, 0.15) is 87.2 Å². The zero-order valence-corrected chi connectivity index (χ0v) is 31.1. The van der Waals surface area contributed by atoms with Crippen LogP contribution in [0.3, 0.4) is 0 Å². The number of ether oxygens (including phenoxy) is 1. The summed E-state index contributed by atoms with van der Waals surface area (Å²) in [6, 6.07) is 37.6. The lowest BCUT2D eigenvalue weighted by molar-refractivity contribution is -0.132. The van der Waals surface area contributed by atoms with Crippen LogP contribution < -0.4 is 0 Å². The van der Waals surface area contributed by atoms with Crippen LogP contribution in [-0.2, 0) is 9.53 Å². The predicted octanol–water partition coefficient (Wildman–Crippen LogP) is 8.93. The van der Waals surface area contributed by atoms with Crippen molar-refractivity contribution in [1.82, 2.24) is 9.80 Å². The van der Waals surface area contributed by atoms with Crippen LogP contribution in [-0.4, -0.2) is 85.1 Å². The Bertz CT molecular complexity index is 1520. The van der Waals surface area contributed by atoms with Crippen molar-refractivity contribution < 1.29 is 19.7 Å². The highest BCUT2D eigenvalue weighted by atomic mass is 16.5. The van der Waals surface area contributed by atoms with Crippen molar-refractivity contribution in [2.75, 3.05) is 59.2 Å². The molecule has 3 fully saturated rings. The van der Waals surface area contributed by atoms with E-state index in [9.17, 15) is 15.0 Å². The zero-order valence-electron chi connectivity index (χ0n) is 31.1. The van der Waals surface area contributed by atoms with Crippen molar-refractivity contribution in [3.63, 3.8) is 0 Å². The van der Waals surface area contributed by atoms with E-state index in [-0.39, 0.29) is 31.0 Å². The highest BCUT2D eigenvalue weighted by Gasteiger charge is 2.22. The molecular weight excluding hydrogens is 645 g/mol. The van der Waals surface area contributed by atoms with E-state index in [2.05, 4.69) is 77.7 Å². The molecule has 2 atom stereocenters. The molecule has 0 aliphatic carbocycles. The molecule has 2 N–H and O–H groups in total. The predicted molar refractivity (Wildman–Crippen MR) is 213 cm³/mol. The molecule has 3 aliphatic rings. The number of likely N-dealkylation sites (tertiary alicyclic amines) is 2. The number of carbonyl (C=O) groups is 1. The average Bonchev–Trinajstić information content (AvgIpc) is 3.83. The van der Waals surface area contributed by atoms with Crippen molar-refractivity contribution in [2.24, 2.45) is 0 Å². The molecule has 7 rings (SSSR count). The fraction of sp³-hybridized carbons (Fsp3) is 0.457. The number of aliphatic hydroxyl groups is 2. The van der Waals surface area contributed by atoms with E-state index in [1.165, 1.54) is 73.9 Å². The maximum atomic E-state index is 12.4. The van der Waals surface area contributed by atoms with Crippen LogP contribution in [0.25, 0.3) is 22.3 Å². The van der Waals surface area contributed by atoms with Crippen molar-refractivity contribution in [3.8, 4) is 22.3 Å². The highest BCUT2D eigenvalue weighted by Crippen LogP contribution is 2.27. The first kappa shape index (κ1) is 39.4. The monoisotopic (exact) mass is 704 g/mol. The van der Waals surface area contributed by atoms with Crippen molar-refractivity contribution in [2.45, 2.75) is 76.0 Å². The van der Waals surface area contributed by atoms with Gasteiger partial charge in [0.1, 0.15) is 0 Å². The van der Waals surface area contributed by atoms with Gasteiger partial charge in [-0.25, -0.2) is 0 Å². The van der Waals surface area contributed by atoms with Gasteiger partial charge in [0.05, 0.1) is 6.61 Å². The van der Waals surface area contributed by atoms with Gasteiger partial charge in [0.25, 0.3) is 0 Å². The quantitative estimate of drug-likeness (QED) is 0.163. The topological polar surface area (TPSA) is 73.2 Å². The van der Waals surface area contributed by atoms with E-state index < -0.39 is 0 Å². The van der Waals surface area contributed by atoms with Crippen LogP contribution >= 0.6 is 0 Å². The molecule has 0 saturated carbocycles. The minimum absolute atomic E-state index is 0.00423. The SMILES string of the molecule is C1CCOC1.O=C(CC(CO)c1ccc(-c2ccccc2)cc1)N1CCCCC1.OCC(CCN1CCCCC1)c1ccc(-c2ccccc2)cc1. The lowest BCUT2D eigenvalue weighted by Gasteiger charge is -2.28. The van der Waals surface area contributed by atoms with Crippen molar-refractivity contribution in [1.29, 1.82) is 0 Å². The molecule has 6 heteroatoms. The van der Waals surface area contributed by atoms with Gasteiger partial charge in [0.15, 0.2) is 0 Å². The van der Waals surface area contributed by atoms with Gasteiger partial charge in [-0.2, -0.15) is 0 Å². The lowest BCUT2D eigenvalue weighted by atomic mass is 9.93. The van der Waals surface area contributed by atoms with E-state index >= 15 is 0 Å². The molecule has 6 nitrogen and oxygen atoms in total. The number of piperidine rings is 2. The van der Waals surface area contributed by atoms with E-state index in [4.69, 9.17) is 4.74 Å². The zero-order chi connectivity index (χ0) is 36.2. The van der Waals surface area contributed by atoms with Crippen LogP contribution in [0.2, 0.25) is 0 Å². The van der Waals surface area contributed by atoms with Crippen LogP contribution in [0, 0.1) is 0 Å². The van der Waals surface area contributed by atoms with E-state index in [0.717, 1.165) is 63.2 Å². The molecule has 4 aromatic carbocycles. The molecule has 278 valence electrons. The molecule has 0 aromatic heterocycles. The molecule has 0 radical (unpaired) electrons. The molecule has 3 heterocycles. The number of carbonyl (C=O) groups excluding carboxylic acids is 1. The fourth-order valence-electron chi connectivity index (χ4n) is 7.32. The second-order valence-electron chi connectivity index (χ2n) is 14.4. The Hall–Kier alpha value is -3.81. The summed E-state index contributed by atoms with van der Waals surface area (Å²) in [4.78, 5) is 16.9. The summed E-state index contributed by atoms with van der Waals surface area (Å²) >= 11 is 0. The van der Waals surface area contributed by atoms with Crippen molar-refractivity contribution >= 4 is 5.91 Å². The number of amides is 1. The first-order valence-electron chi connectivity index (χ1n) is 19.7. The minimum atomic E-state index is -0.121. The number of hydrogen-bond donors (Lipinski definition) is 2. The third kappa shape index (κ3) is 12.7. The summed E-state index contributed by atoms with van der Waals surface area (Å²) in [7, 11) is 0. The number of benzene rings is 4. The maximum Gasteiger partial charge on any atom is 0.223 e. The Balaban J connectivity index is 0.000000177. The molecular formula is C46H60N2O4. The van der Waals surface area contributed by atoms with Gasteiger partial charge in [-0.15, -0.1) is 0 Å². The number of rotatable bonds is 11. The molecule has 52 heavy (non-hydrogen) atoms. The second kappa shape index (κ2) is 22.3. The molecule has 4 aromatic rings. The van der Waals surface area contributed by atoms with Gasteiger partial charge in [-0.3, -0.25) is 4.79 Å². The summed E-state index contributed by atoms with van der Waals surface area (Å²) in [5.74, 6) is 0.298. The second-order valence-corrected chi connectivity index (χ2v) is 14.4. The Morgan fingerprint density at radius 3 is 1.42 bits per heavy atom. The number of aliphatic hydroxyl groups excluding tert-OH is 2. The lowest BCUT2D eigenvalue weighted by Crippen LogP contribution is -2.36. The summed E-state index contributed by atoms with van der Waals surface area (Å²) in [6.07, 6.45) is 11.4. The molecule has 3 aliphatic heterocycles. The average molecular weight is 705 g/mol. The first-order valence-corrected chi connectivity index (χ1v) is 19.7. The molecule has 3 saturated heterocycles. The molecule has 0 bridgehead atoms. The summed E-state index contributed by atoms with van der Waals surface area (Å²) in [5.41, 5.74) is 7.09. The summed E-state index contributed by atoms with van der Waals surface area (Å²) < 4.78 is 4.94. The van der Waals surface area contributed by atoms with Crippen LogP contribution in [0.15, 0.2) is 109 Å². The van der Waals surface area contributed by atoms with E-state index in [1.807, 2.05) is 41.3 Å². The fourth-order valence-corrected chi connectivity index (χ4v) is 7.32. The smallest absolute Gasteiger partial charge is 0.223 e. The summed E-state index contributed by atoms with van der Waals surface area (Å²) in [6.45, 7) is 7.53. The Labute approximate surface area is 312 Å². The van der Waals surface area contributed by atoms with Crippen molar-refractivity contribution in [3.05, 3.63) is 120 Å². The molecule has 1 amide bonds. The van der Waals surface area contributed by atoms with Gasteiger partial charge >= 0.3 is 0 Å². The standard InChI is InChI=1S/C21H25NO2.C21H27NO.C4H8O/c23-16-20(15-21(24)22-13-5-2-6-14-22)19-11-9-18(10-12-19)17-7-3-1-4-8-17;23-17-21(13-16-22-14-5-2-6-15-22)20-11-9-19(10-12-20)18-7-3-1-4-8-18;1-2-4-5-3-1/h1,3-4,7-12,20,23H,2,5-6,13-16H2;1,3-4,7-12,21,23H,2,5-6,13-17H2;1-4H2.